The second-order valence-corrected chi connectivity index (χ2v) is 4.44. The molecule has 0 aliphatic carbocycles. The second kappa shape index (κ2) is 8.28. The van der Waals surface area contributed by atoms with Gasteiger partial charge in [0.1, 0.15) is 12.4 Å². The predicted octanol–water partition coefficient (Wildman–Crippen LogP) is 2.19. The number of ether oxygens (including phenoxy) is 2. The van der Waals surface area contributed by atoms with Gasteiger partial charge in [0.05, 0.1) is 19.5 Å². The van der Waals surface area contributed by atoms with Crippen molar-refractivity contribution in [1.29, 1.82) is 0 Å². The van der Waals surface area contributed by atoms with Crippen molar-refractivity contribution in [3.05, 3.63) is 23.7 Å². The van der Waals surface area contributed by atoms with E-state index < -0.39 is 0 Å². The van der Waals surface area contributed by atoms with Crippen molar-refractivity contribution >= 4 is 0 Å². The molecule has 1 heterocycles. The van der Waals surface area contributed by atoms with Crippen LogP contribution in [0.25, 0.3) is 0 Å². The molecular formula is C13H23NO3. The molecule has 0 bridgehead atoms. The van der Waals surface area contributed by atoms with E-state index in [4.69, 9.17) is 13.9 Å². The quantitative estimate of drug-likeness (QED) is 0.673. The van der Waals surface area contributed by atoms with Crippen molar-refractivity contribution in [2.75, 3.05) is 26.9 Å². The molecule has 0 aromatic carbocycles. The van der Waals surface area contributed by atoms with Crippen LogP contribution in [0.15, 0.2) is 16.7 Å². The van der Waals surface area contributed by atoms with Gasteiger partial charge in [-0.25, -0.2) is 0 Å². The minimum absolute atomic E-state index is 0.509. The Morgan fingerprint density at radius 1 is 1.35 bits per heavy atom. The monoisotopic (exact) mass is 241 g/mol. The van der Waals surface area contributed by atoms with Gasteiger partial charge in [-0.3, -0.25) is 0 Å². The van der Waals surface area contributed by atoms with Crippen LogP contribution < -0.4 is 5.32 Å². The Balaban J connectivity index is 2.27. The predicted molar refractivity (Wildman–Crippen MR) is 66.8 cm³/mol. The first-order valence-corrected chi connectivity index (χ1v) is 6.06. The lowest BCUT2D eigenvalue weighted by atomic mass is 10.2. The summed E-state index contributed by atoms with van der Waals surface area (Å²) in [5.74, 6) is 1.56. The van der Waals surface area contributed by atoms with Gasteiger partial charge in [0, 0.05) is 19.2 Å². The first-order chi connectivity index (χ1) is 8.24. The van der Waals surface area contributed by atoms with E-state index >= 15 is 0 Å². The van der Waals surface area contributed by atoms with Gasteiger partial charge < -0.3 is 19.2 Å². The number of furan rings is 1. The SMILES string of the molecule is COCCOCc1occc1CNCC(C)C. The summed E-state index contributed by atoms with van der Waals surface area (Å²) in [4.78, 5) is 0. The van der Waals surface area contributed by atoms with Crippen LogP contribution >= 0.6 is 0 Å². The molecule has 1 aromatic rings. The van der Waals surface area contributed by atoms with Crippen LogP contribution in [0.1, 0.15) is 25.2 Å². The first-order valence-electron chi connectivity index (χ1n) is 6.06. The molecule has 0 fully saturated rings. The lowest BCUT2D eigenvalue weighted by molar-refractivity contribution is 0.0533. The van der Waals surface area contributed by atoms with E-state index in [9.17, 15) is 0 Å². The summed E-state index contributed by atoms with van der Waals surface area (Å²) in [5.41, 5.74) is 1.17. The van der Waals surface area contributed by atoms with Crippen LogP contribution in [-0.2, 0) is 22.6 Å². The van der Waals surface area contributed by atoms with Crippen LogP contribution in [0.5, 0.6) is 0 Å². The molecule has 0 atom stereocenters. The third-order valence-electron chi connectivity index (χ3n) is 2.37. The minimum atomic E-state index is 0.509. The lowest BCUT2D eigenvalue weighted by Gasteiger charge is -2.07. The molecule has 0 saturated heterocycles. The second-order valence-electron chi connectivity index (χ2n) is 4.44. The van der Waals surface area contributed by atoms with E-state index in [1.54, 1.807) is 13.4 Å². The Bertz CT molecular complexity index is 297. The van der Waals surface area contributed by atoms with Crippen molar-refractivity contribution < 1.29 is 13.9 Å². The molecule has 0 radical (unpaired) electrons. The third-order valence-corrected chi connectivity index (χ3v) is 2.37. The van der Waals surface area contributed by atoms with Crippen molar-refractivity contribution in [3.63, 3.8) is 0 Å². The van der Waals surface area contributed by atoms with E-state index in [-0.39, 0.29) is 0 Å². The molecule has 17 heavy (non-hydrogen) atoms. The zero-order valence-electron chi connectivity index (χ0n) is 11.0. The highest BCUT2D eigenvalue weighted by Crippen LogP contribution is 2.11. The van der Waals surface area contributed by atoms with Gasteiger partial charge in [0.2, 0.25) is 0 Å². The Hall–Kier alpha value is -0.840. The zero-order valence-corrected chi connectivity index (χ0v) is 11.0. The maximum atomic E-state index is 5.44. The minimum Gasteiger partial charge on any atom is -0.467 e. The fraction of sp³-hybridized carbons (Fsp3) is 0.692. The lowest BCUT2D eigenvalue weighted by Crippen LogP contribution is -2.19. The molecule has 0 spiro atoms. The fourth-order valence-corrected chi connectivity index (χ4v) is 1.45. The summed E-state index contributed by atoms with van der Waals surface area (Å²) in [6.45, 7) is 7.94. The Morgan fingerprint density at radius 2 is 2.18 bits per heavy atom. The summed E-state index contributed by atoms with van der Waals surface area (Å²) in [7, 11) is 1.66. The van der Waals surface area contributed by atoms with E-state index in [0.29, 0.717) is 25.7 Å². The van der Waals surface area contributed by atoms with Crippen molar-refractivity contribution in [2.24, 2.45) is 5.92 Å². The number of methoxy groups -OCH3 is 1. The van der Waals surface area contributed by atoms with E-state index in [0.717, 1.165) is 18.8 Å². The molecular weight excluding hydrogens is 218 g/mol. The van der Waals surface area contributed by atoms with Gasteiger partial charge in [-0.2, -0.15) is 0 Å². The van der Waals surface area contributed by atoms with Crippen LogP contribution in [0.3, 0.4) is 0 Å². The van der Waals surface area contributed by atoms with Crippen molar-refractivity contribution in [3.8, 4) is 0 Å². The van der Waals surface area contributed by atoms with E-state index in [1.807, 2.05) is 6.07 Å². The maximum absolute atomic E-state index is 5.44. The Kier molecular flexibility index (Phi) is 6.93. The first kappa shape index (κ1) is 14.2. The molecule has 1 rings (SSSR count). The zero-order chi connectivity index (χ0) is 12.5. The molecule has 98 valence electrons. The molecule has 0 saturated carbocycles. The molecule has 0 aliphatic heterocycles. The highest BCUT2D eigenvalue weighted by Gasteiger charge is 2.06. The summed E-state index contributed by atoms with van der Waals surface area (Å²) in [6.07, 6.45) is 1.71. The fourth-order valence-electron chi connectivity index (χ4n) is 1.45. The van der Waals surface area contributed by atoms with Crippen LogP contribution in [-0.4, -0.2) is 26.9 Å². The molecule has 1 N–H and O–H groups in total. The average molecular weight is 241 g/mol. The summed E-state index contributed by atoms with van der Waals surface area (Å²) < 4.78 is 15.8. The largest absolute Gasteiger partial charge is 0.467 e. The normalized spacial score (nSPS) is 11.3. The topological polar surface area (TPSA) is 43.6 Å². The van der Waals surface area contributed by atoms with Gasteiger partial charge >= 0.3 is 0 Å². The average Bonchev–Trinajstić information content (AvgIpc) is 2.72. The van der Waals surface area contributed by atoms with Crippen molar-refractivity contribution in [2.45, 2.75) is 27.0 Å². The highest BCUT2D eigenvalue weighted by atomic mass is 16.5. The van der Waals surface area contributed by atoms with Crippen LogP contribution in [0.2, 0.25) is 0 Å². The summed E-state index contributed by atoms with van der Waals surface area (Å²) in [5, 5.41) is 3.39. The van der Waals surface area contributed by atoms with Gasteiger partial charge in [0.25, 0.3) is 0 Å². The standard InChI is InChI=1S/C13H23NO3/c1-11(2)8-14-9-12-4-5-17-13(12)10-16-7-6-15-3/h4-5,11,14H,6-10H2,1-3H3. The number of hydrogen-bond acceptors (Lipinski definition) is 4. The maximum Gasteiger partial charge on any atom is 0.133 e. The number of rotatable bonds is 9. The third kappa shape index (κ3) is 5.86. The molecule has 0 aliphatic rings. The smallest absolute Gasteiger partial charge is 0.133 e. The summed E-state index contributed by atoms with van der Waals surface area (Å²) in [6, 6.07) is 1.99. The molecule has 4 heteroatoms. The molecule has 1 aromatic heterocycles. The molecule has 0 amide bonds. The Labute approximate surface area is 103 Å². The van der Waals surface area contributed by atoms with Crippen molar-refractivity contribution in [1.82, 2.24) is 5.32 Å². The highest BCUT2D eigenvalue weighted by molar-refractivity contribution is 5.16. The number of nitrogens with one attached hydrogen (secondary N) is 1. The number of hydrogen-bond donors (Lipinski definition) is 1. The van der Waals surface area contributed by atoms with Gasteiger partial charge in [-0.1, -0.05) is 13.8 Å². The molecule has 0 unspecified atom stereocenters. The van der Waals surface area contributed by atoms with E-state index in [1.165, 1.54) is 5.56 Å². The van der Waals surface area contributed by atoms with Gasteiger partial charge in [-0.05, 0) is 18.5 Å². The van der Waals surface area contributed by atoms with E-state index in [2.05, 4.69) is 19.2 Å². The van der Waals surface area contributed by atoms with Gasteiger partial charge in [0.15, 0.2) is 0 Å². The summed E-state index contributed by atoms with van der Waals surface area (Å²) >= 11 is 0. The van der Waals surface area contributed by atoms with Gasteiger partial charge in [-0.15, -0.1) is 0 Å². The van der Waals surface area contributed by atoms with Crippen LogP contribution in [0.4, 0.5) is 0 Å². The van der Waals surface area contributed by atoms with Crippen LogP contribution in [0, 0.1) is 5.92 Å². The molecule has 4 nitrogen and oxygen atoms in total. The Morgan fingerprint density at radius 3 is 2.88 bits per heavy atom.